The highest BCUT2D eigenvalue weighted by Crippen LogP contribution is 2.36. The molecule has 40 heavy (non-hydrogen) atoms. The molecule has 0 saturated carbocycles. The lowest BCUT2D eigenvalue weighted by Gasteiger charge is -2.21. The first kappa shape index (κ1) is 28.3. The number of phenols is 4. The largest absolute Gasteiger partial charge is 0.504 e. The number of benzene rings is 4. The third-order valence-electron chi connectivity index (χ3n) is 6.32. The molecule has 0 fully saturated rings. The lowest BCUT2D eigenvalue weighted by molar-refractivity contribution is 0.403. The summed E-state index contributed by atoms with van der Waals surface area (Å²) in [5.41, 5.74) is 2.82. The van der Waals surface area contributed by atoms with Crippen LogP contribution >= 0.6 is 0 Å². The Morgan fingerprint density at radius 1 is 0.575 bits per heavy atom. The summed E-state index contributed by atoms with van der Waals surface area (Å²) in [6.45, 7) is 0. The topological polar surface area (TPSA) is 116 Å². The van der Waals surface area contributed by atoms with E-state index >= 15 is 0 Å². The molecule has 2 unspecified atom stereocenters. The molecule has 7 nitrogen and oxygen atoms in total. The molecule has 4 aromatic rings. The number of hydrogen-bond donors (Lipinski definition) is 4. The van der Waals surface area contributed by atoms with Crippen molar-refractivity contribution in [1.82, 2.24) is 0 Å². The van der Waals surface area contributed by atoms with Gasteiger partial charge in [0.25, 0.3) is 0 Å². The van der Waals surface area contributed by atoms with Gasteiger partial charge in [0.05, 0.1) is 24.7 Å². The SMILES string of the molecule is COc1ccc(C(/C=C/c2ccc(O)c(O)c2)S(=O)C(/C=C/c2ccc(O)c(O)c2)c2ccc(OC)cc2)cc1. The second kappa shape index (κ2) is 12.9. The highest BCUT2D eigenvalue weighted by atomic mass is 32.2. The summed E-state index contributed by atoms with van der Waals surface area (Å²) < 4.78 is 25.0. The average Bonchev–Trinajstić information content (AvgIpc) is 2.97. The van der Waals surface area contributed by atoms with Crippen molar-refractivity contribution < 1.29 is 34.1 Å². The minimum Gasteiger partial charge on any atom is -0.504 e. The van der Waals surface area contributed by atoms with E-state index in [4.69, 9.17) is 9.47 Å². The second-order valence-corrected chi connectivity index (χ2v) is 10.6. The van der Waals surface area contributed by atoms with Crippen LogP contribution in [0.15, 0.2) is 97.1 Å². The van der Waals surface area contributed by atoms with Crippen molar-refractivity contribution in [3.8, 4) is 34.5 Å². The molecule has 4 N–H and O–H groups in total. The van der Waals surface area contributed by atoms with Crippen molar-refractivity contribution in [1.29, 1.82) is 0 Å². The van der Waals surface area contributed by atoms with Crippen LogP contribution in [0.25, 0.3) is 12.2 Å². The fourth-order valence-corrected chi connectivity index (χ4v) is 5.71. The van der Waals surface area contributed by atoms with Gasteiger partial charge in [0.2, 0.25) is 0 Å². The fraction of sp³-hybridized carbons (Fsp3) is 0.125. The molecule has 0 aliphatic rings. The summed E-state index contributed by atoms with van der Waals surface area (Å²) in [6.07, 6.45) is 7.11. The van der Waals surface area contributed by atoms with Crippen molar-refractivity contribution >= 4 is 23.0 Å². The quantitative estimate of drug-likeness (QED) is 0.165. The Hall–Kier alpha value is -4.69. The Balaban J connectivity index is 1.77. The van der Waals surface area contributed by atoms with Crippen molar-refractivity contribution in [3.05, 3.63) is 119 Å². The van der Waals surface area contributed by atoms with Crippen LogP contribution in [-0.4, -0.2) is 38.9 Å². The summed E-state index contributed by atoms with van der Waals surface area (Å²) in [7, 11) is 1.59. The van der Waals surface area contributed by atoms with Crippen LogP contribution in [-0.2, 0) is 10.8 Å². The molecule has 0 aliphatic carbocycles. The average molecular weight is 559 g/mol. The smallest absolute Gasteiger partial charge is 0.157 e. The van der Waals surface area contributed by atoms with Gasteiger partial charge in [0.15, 0.2) is 23.0 Å². The highest BCUT2D eigenvalue weighted by Gasteiger charge is 2.25. The maximum Gasteiger partial charge on any atom is 0.157 e. The van der Waals surface area contributed by atoms with Gasteiger partial charge in [-0.1, -0.05) is 60.7 Å². The lowest BCUT2D eigenvalue weighted by Crippen LogP contribution is -2.12. The van der Waals surface area contributed by atoms with Gasteiger partial charge in [-0.15, -0.1) is 0 Å². The zero-order valence-corrected chi connectivity index (χ0v) is 22.8. The number of rotatable bonds is 10. The van der Waals surface area contributed by atoms with E-state index in [0.29, 0.717) is 22.6 Å². The number of hydrogen-bond acceptors (Lipinski definition) is 7. The van der Waals surface area contributed by atoms with E-state index in [-0.39, 0.29) is 23.0 Å². The van der Waals surface area contributed by atoms with E-state index in [1.165, 1.54) is 24.3 Å². The minimum atomic E-state index is -1.56. The molecule has 0 bridgehead atoms. The maximum atomic E-state index is 14.4. The molecule has 0 radical (unpaired) electrons. The van der Waals surface area contributed by atoms with Crippen LogP contribution < -0.4 is 9.47 Å². The van der Waals surface area contributed by atoms with Crippen LogP contribution in [0.3, 0.4) is 0 Å². The Bertz CT molecular complexity index is 1410. The van der Waals surface area contributed by atoms with Gasteiger partial charge in [-0.25, -0.2) is 0 Å². The third kappa shape index (κ3) is 6.84. The molecule has 0 saturated heterocycles. The molecule has 2 atom stereocenters. The zero-order chi connectivity index (χ0) is 28.6. The van der Waals surface area contributed by atoms with Crippen molar-refractivity contribution in [3.63, 3.8) is 0 Å². The monoisotopic (exact) mass is 558 g/mol. The first-order valence-electron chi connectivity index (χ1n) is 12.4. The lowest BCUT2D eigenvalue weighted by atomic mass is 10.1. The molecule has 0 amide bonds. The molecule has 0 aliphatic heterocycles. The minimum absolute atomic E-state index is 0.225. The Kier molecular flexibility index (Phi) is 9.14. The van der Waals surface area contributed by atoms with Gasteiger partial charge in [-0.05, 0) is 70.8 Å². The third-order valence-corrected chi connectivity index (χ3v) is 8.17. The summed E-state index contributed by atoms with van der Waals surface area (Å²) in [5, 5.41) is 38.1. The zero-order valence-electron chi connectivity index (χ0n) is 22.0. The number of ether oxygens (including phenoxy) is 2. The molecule has 206 valence electrons. The van der Waals surface area contributed by atoms with Gasteiger partial charge >= 0.3 is 0 Å². The van der Waals surface area contributed by atoms with E-state index in [1.807, 2.05) is 24.3 Å². The van der Waals surface area contributed by atoms with Crippen LogP contribution in [0, 0.1) is 0 Å². The van der Waals surface area contributed by atoms with Crippen molar-refractivity contribution in [2.45, 2.75) is 10.5 Å². The molecule has 0 aromatic heterocycles. The molecule has 8 heteroatoms. The van der Waals surface area contributed by atoms with E-state index in [9.17, 15) is 24.6 Å². The van der Waals surface area contributed by atoms with E-state index in [2.05, 4.69) is 0 Å². The Labute approximate surface area is 235 Å². The van der Waals surface area contributed by atoms with Gasteiger partial charge in [0, 0.05) is 10.8 Å². The molecular weight excluding hydrogens is 528 g/mol. The fourth-order valence-electron chi connectivity index (χ4n) is 4.08. The number of methoxy groups -OCH3 is 2. The van der Waals surface area contributed by atoms with E-state index < -0.39 is 21.3 Å². The number of aromatic hydroxyl groups is 4. The molecule has 4 rings (SSSR count). The van der Waals surface area contributed by atoms with E-state index in [0.717, 1.165) is 11.1 Å². The van der Waals surface area contributed by atoms with Crippen LogP contribution in [0.4, 0.5) is 0 Å². The number of phenolic OH excluding ortho intramolecular Hbond substituents is 4. The molecule has 0 heterocycles. The molecule has 4 aromatic carbocycles. The first-order chi connectivity index (χ1) is 19.3. The van der Waals surface area contributed by atoms with Gasteiger partial charge in [0.1, 0.15) is 11.5 Å². The summed E-state index contributed by atoms with van der Waals surface area (Å²) in [6, 6.07) is 23.6. The molecular formula is C32H30O7S. The van der Waals surface area contributed by atoms with E-state index in [1.54, 1.807) is 74.9 Å². The Morgan fingerprint density at radius 2 is 0.950 bits per heavy atom. The highest BCUT2D eigenvalue weighted by molar-refractivity contribution is 7.85. The van der Waals surface area contributed by atoms with Crippen molar-refractivity contribution in [2.75, 3.05) is 14.2 Å². The predicted octanol–water partition coefficient (Wildman–Crippen LogP) is 6.48. The maximum absolute atomic E-state index is 14.4. The van der Waals surface area contributed by atoms with Crippen LogP contribution in [0.1, 0.15) is 32.8 Å². The van der Waals surface area contributed by atoms with Gasteiger partial charge in [-0.3, -0.25) is 4.21 Å². The van der Waals surface area contributed by atoms with Gasteiger partial charge < -0.3 is 29.9 Å². The van der Waals surface area contributed by atoms with Gasteiger partial charge in [-0.2, -0.15) is 0 Å². The second-order valence-electron chi connectivity index (χ2n) is 8.93. The van der Waals surface area contributed by atoms with Crippen LogP contribution in [0.2, 0.25) is 0 Å². The predicted molar refractivity (Wildman–Crippen MR) is 157 cm³/mol. The standard InChI is InChI=1S/C32H30O7S/c1-38-25-11-7-23(8-12-25)31(17-5-21-3-15-27(33)29(35)19-21)40(37)32(24-9-13-26(39-2)14-10-24)18-6-22-4-16-28(34)30(36)20-22/h3-20,31-36H,1-2H3/b17-5+,18-6+. The summed E-state index contributed by atoms with van der Waals surface area (Å²) >= 11 is 0. The van der Waals surface area contributed by atoms with Crippen LogP contribution in [0.5, 0.6) is 34.5 Å². The summed E-state index contributed by atoms with van der Waals surface area (Å²) in [5.74, 6) is 0.384. The van der Waals surface area contributed by atoms with Crippen molar-refractivity contribution in [2.24, 2.45) is 0 Å². The Morgan fingerprint density at radius 3 is 1.27 bits per heavy atom. The normalized spacial score (nSPS) is 13.8. The first-order valence-corrected chi connectivity index (χ1v) is 13.6. The summed E-state index contributed by atoms with van der Waals surface area (Å²) in [4.78, 5) is 0. The molecule has 0 spiro atoms.